The van der Waals surface area contributed by atoms with Crippen LogP contribution in [0.15, 0.2) is 30.5 Å². The lowest BCUT2D eigenvalue weighted by Gasteiger charge is -2.22. The summed E-state index contributed by atoms with van der Waals surface area (Å²) in [6, 6.07) is 5.04. The molecule has 0 unspecified atom stereocenters. The normalized spacial score (nSPS) is 12.1. The van der Waals surface area contributed by atoms with E-state index in [-0.39, 0.29) is 47.1 Å². The number of rotatable bonds is 5. The van der Waals surface area contributed by atoms with Crippen LogP contribution in [-0.4, -0.2) is 24.0 Å². The Hall–Kier alpha value is -1.84. The number of hydrogen-bond acceptors (Lipinski definition) is 5. The van der Waals surface area contributed by atoms with Crippen molar-refractivity contribution in [3.63, 3.8) is 0 Å². The number of pyridine rings is 1. The van der Waals surface area contributed by atoms with Gasteiger partial charge in [-0.2, -0.15) is 13.2 Å². The molecule has 2 rings (SSSR count). The van der Waals surface area contributed by atoms with Gasteiger partial charge in [-0.3, -0.25) is 4.98 Å². The fraction of sp³-hybridized carbons (Fsp3) is 0.389. The third-order valence-corrected chi connectivity index (χ3v) is 4.36. The lowest BCUT2D eigenvalue weighted by Crippen LogP contribution is -2.35. The molecular weight excluding hydrogens is 417 g/mol. The quantitative estimate of drug-likeness (QED) is 0.617. The lowest BCUT2D eigenvalue weighted by atomic mass is 9.98. The predicted octanol–water partition coefficient (Wildman–Crippen LogP) is 3.89. The number of aromatic nitrogens is 1. The van der Waals surface area contributed by atoms with Crippen molar-refractivity contribution in [2.75, 3.05) is 0 Å². The first kappa shape index (κ1) is 24.2. The van der Waals surface area contributed by atoms with Crippen LogP contribution < -0.4 is 5.32 Å². The zero-order valence-corrected chi connectivity index (χ0v) is 17.2. The van der Waals surface area contributed by atoms with E-state index in [1.54, 1.807) is 6.07 Å². The fourth-order valence-electron chi connectivity index (χ4n) is 2.44. The Balaban J connectivity index is 0.00000392. The second-order valence-corrected chi connectivity index (χ2v) is 8.16. The maximum Gasteiger partial charge on any atom is 0.433 e. The van der Waals surface area contributed by atoms with Crippen molar-refractivity contribution in [2.45, 2.75) is 44.8 Å². The maximum atomic E-state index is 12.7. The van der Waals surface area contributed by atoms with Crippen molar-refractivity contribution >= 4 is 23.1 Å². The summed E-state index contributed by atoms with van der Waals surface area (Å²) >= 11 is 0. The molecule has 5 nitrogen and oxygen atoms in total. The van der Waals surface area contributed by atoms with Gasteiger partial charge in [0.1, 0.15) is 22.1 Å². The maximum absolute atomic E-state index is 12.7. The van der Waals surface area contributed by atoms with Gasteiger partial charge in [-0.25, -0.2) is 8.42 Å². The van der Waals surface area contributed by atoms with E-state index >= 15 is 0 Å². The van der Waals surface area contributed by atoms with Gasteiger partial charge in [0.2, 0.25) is 0 Å². The topological polar surface area (TPSA) is 79.3 Å². The van der Waals surface area contributed by atoms with Gasteiger partial charge >= 0.3 is 6.18 Å². The number of alkyl halides is 3. The number of thiol groups is 1. The highest BCUT2D eigenvalue weighted by Crippen LogP contribution is 2.35. The highest BCUT2D eigenvalue weighted by molar-refractivity contribution is 7.71. The van der Waals surface area contributed by atoms with Crippen LogP contribution in [0.5, 0.6) is 5.75 Å². The third kappa shape index (κ3) is 6.65. The minimum Gasteiger partial charge on any atom is -0.507 e. The number of nitrogens with one attached hydrogen (secondary N) is 1. The van der Waals surface area contributed by atoms with Gasteiger partial charge < -0.3 is 10.4 Å². The van der Waals surface area contributed by atoms with Crippen molar-refractivity contribution in [3.8, 4) is 16.9 Å². The number of benzene rings is 1. The number of aromatic hydroxyl groups is 1. The van der Waals surface area contributed by atoms with Crippen LogP contribution in [0.2, 0.25) is 0 Å². The molecule has 0 aliphatic heterocycles. The Labute approximate surface area is 169 Å². The number of halogens is 4. The number of phenols is 1. The Morgan fingerprint density at radius 2 is 1.79 bits per heavy atom. The highest BCUT2D eigenvalue weighted by atomic mass is 35.5. The van der Waals surface area contributed by atoms with E-state index in [9.17, 15) is 26.7 Å². The number of nitrogens with zero attached hydrogens (tertiary/aromatic N) is 1. The van der Waals surface area contributed by atoms with Crippen molar-refractivity contribution in [1.29, 1.82) is 0 Å². The van der Waals surface area contributed by atoms with Gasteiger partial charge in [-0.05, 0) is 44.5 Å². The molecule has 1 aromatic carbocycles. The Bertz CT molecular complexity index is 885. The summed E-state index contributed by atoms with van der Waals surface area (Å²) in [7, 11) is -2.70. The standard InChI is InChI=1S/C18H21F3N2O3S.ClH/c1-17(2,3)23-9-13-6-11(10-27(25)26)7-14(16(13)24)12-4-5-15(22-8-12)18(19,20)21;/h4-8,23-24,27H,9-10H2,1-3H3;1H. The summed E-state index contributed by atoms with van der Waals surface area (Å²) in [6.45, 7) is 6.06. The number of hydrogen-bond donors (Lipinski definition) is 3. The van der Waals surface area contributed by atoms with Crippen LogP contribution in [0.4, 0.5) is 13.2 Å². The summed E-state index contributed by atoms with van der Waals surface area (Å²) in [5.74, 6) is -0.364. The molecule has 0 aliphatic rings. The van der Waals surface area contributed by atoms with Crippen LogP contribution in [0, 0.1) is 0 Å². The minimum absolute atomic E-state index is 0. The molecule has 0 aliphatic carbocycles. The van der Waals surface area contributed by atoms with Crippen LogP contribution in [-0.2, 0) is 29.2 Å². The first-order valence-electron chi connectivity index (χ1n) is 8.12. The van der Waals surface area contributed by atoms with Gasteiger partial charge in [-0.15, -0.1) is 12.4 Å². The summed E-state index contributed by atoms with van der Waals surface area (Å²) in [5.41, 5.74) is 0.0944. The lowest BCUT2D eigenvalue weighted by molar-refractivity contribution is -0.141. The summed E-state index contributed by atoms with van der Waals surface area (Å²) in [5, 5.41) is 13.8. The molecule has 0 saturated carbocycles. The first-order valence-corrected chi connectivity index (χ1v) is 9.48. The molecule has 0 atom stereocenters. The molecule has 0 bridgehead atoms. The zero-order valence-electron chi connectivity index (χ0n) is 15.5. The van der Waals surface area contributed by atoms with Crippen molar-refractivity contribution in [2.24, 2.45) is 0 Å². The molecule has 1 aromatic heterocycles. The second kappa shape index (κ2) is 9.11. The van der Waals surface area contributed by atoms with Crippen LogP contribution in [0.1, 0.15) is 37.6 Å². The summed E-state index contributed by atoms with van der Waals surface area (Å²) in [6.07, 6.45) is -3.55. The van der Waals surface area contributed by atoms with Crippen LogP contribution in [0.3, 0.4) is 0 Å². The largest absolute Gasteiger partial charge is 0.507 e. The van der Waals surface area contributed by atoms with Gasteiger partial charge in [0.15, 0.2) is 0 Å². The monoisotopic (exact) mass is 438 g/mol. The van der Waals surface area contributed by atoms with E-state index in [4.69, 9.17) is 0 Å². The average Bonchev–Trinajstić information content (AvgIpc) is 2.53. The van der Waals surface area contributed by atoms with E-state index in [1.807, 2.05) is 20.8 Å². The molecule has 2 aromatic rings. The minimum atomic E-state index is -4.56. The zero-order chi connectivity index (χ0) is 20.4. The predicted molar refractivity (Wildman–Crippen MR) is 104 cm³/mol. The molecule has 0 fully saturated rings. The molecule has 0 saturated heterocycles. The van der Waals surface area contributed by atoms with Gasteiger partial charge in [0.05, 0.1) is 5.75 Å². The smallest absolute Gasteiger partial charge is 0.433 e. The molecule has 0 radical (unpaired) electrons. The van der Waals surface area contributed by atoms with Crippen LogP contribution >= 0.6 is 12.4 Å². The molecule has 0 amide bonds. The average molecular weight is 439 g/mol. The molecule has 28 heavy (non-hydrogen) atoms. The van der Waals surface area contributed by atoms with Gasteiger partial charge in [0, 0.05) is 35.0 Å². The molecule has 0 spiro atoms. The van der Waals surface area contributed by atoms with Crippen molar-refractivity contribution in [1.82, 2.24) is 10.3 Å². The SMILES string of the molecule is CC(C)(C)NCc1cc(C[SH](=O)=O)cc(-c2ccc(C(F)(F)F)nc2)c1O.Cl. The Morgan fingerprint density at radius 3 is 2.25 bits per heavy atom. The summed E-state index contributed by atoms with van der Waals surface area (Å²) < 4.78 is 60.3. The van der Waals surface area contributed by atoms with E-state index in [2.05, 4.69) is 10.3 Å². The van der Waals surface area contributed by atoms with E-state index < -0.39 is 22.6 Å². The Kier molecular flexibility index (Phi) is 7.87. The van der Waals surface area contributed by atoms with E-state index in [1.165, 1.54) is 12.1 Å². The van der Waals surface area contributed by atoms with E-state index in [0.717, 1.165) is 12.3 Å². The molecule has 1 heterocycles. The van der Waals surface area contributed by atoms with Gasteiger partial charge in [0.25, 0.3) is 0 Å². The van der Waals surface area contributed by atoms with Gasteiger partial charge in [-0.1, -0.05) is 6.07 Å². The van der Waals surface area contributed by atoms with Crippen LogP contribution in [0.25, 0.3) is 11.1 Å². The first-order chi connectivity index (χ1) is 12.4. The van der Waals surface area contributed by atoms with E-state index in [0.29, 0.717) is 11.1 Å². The highest BCUT2D eigenvalue weighted by Gasteiger charge is 2.32. The van der Waals surface area contributed by atoms with Crippen molar-refractivity contribution < 1.29 is 26.7 Å². The molecule has 10 heteroatoms. The fourth-order valence-corrected chi connectivity index (χ4v) is 2.92. The third-order valence-electron chi connectivity index (χ3n) is 3.73. The molecule has 2 N–H and O–H groups in total. The summed E-state index contributed by atoms with van der Waals surface area (Å²) in [4.78, 5) is 3.40. The Morgan fingerprint density at radius 1 is 1.14 bits per heavy atom. The molecule has 156 valence electrons. The van der Waals surface area contributed by atoms with Crippen molar-refractivity contribution in [3.05, 3.63) is 47.3 Å². The molecular formula is C18H22ClF3N2O3S. The number of phenolic OH excluding ortho intramolecular Hbond substituents is 1. The second-order valence-electron chi connectivity index (χ2n) is 7.18.